The largest absolute Gasteiger partial charge is 0.494 e. The maximum atomic E-state index is 12.6. The van der Waals surface area contributed by atoms with Gasteiger partial charge in [-0.3, -0.25) is 9.69 Å². The van der Waals surface area contributed by atoms with E-state index in [9.17, 15) is 4.79 Å². The minimum atomic E-state index is -0.0675. The molecule has 0 spiro atoms. The van der Waals surface area contributed by atoms with Crippen LogP contribution in [-0.2, 0) is 0 Å². The highest BCUT2D eigenvalue weighted by Crippen LogP contribution is 2.38. The summed E-state index contributed by atoms with van der Waals surface area (Å²) in [5.74, 6) is 0.570. The normalized spacial score (nSPS) is 18.5. The van der Waals surface area contributed by atoms with Gasteiger partial charge in [0.15, 0.2) is 0 Å². The molecule has 1 fully saturated rings. The summed E-state index contributed by atoms with van der Waals surface area (Å²) in [5.41, 5.74) is 0. The van der Waals surface area contributed by atoms with E-state index in [1.807, 2.05) is 18.2 Å². The number of nitrogens with one attached hydrogen (secondary N) is 1. The van der Waals surface area contributed by atoms with Crippen molar-refractivity contribution in [3.05, 3.63) is 28.1 Å². The van der Waals surface area contributed by atoms with E-state index in [2.05, 4.69) is 17.1 Å². The molecule has 4 nitrogen and oxygen atoms in total. The van der Waals surface area contributed by atoms with Gasteiger partial charge < -0.3 is 10.1 Å². The highest BCUT2D eigenvalue weighted by Gasteiger charge is 2.25. The van der Waals surface area contributed by atoms with Gasteiger partial charge in [0.2, 0.25) is 0 Å². The van der Waals surface area contributed by atoms with Crippen LogP contribution in [0.2, 0.25) is 5.02 Å². The Hall–Kier alpha value is -1.30. The van der Waals surface area contributed by atoms with E-state index >= 15 is 0 Å². The second-order valence-electron chi connectivity index (χ2n) is 5.74. The Labute approximate surface area is 145 Å². The van der Waals surface area contributed by atoms with Crippen molar-refractivity contribution in [2.75, 3.05) is 26.7 Å². The molecular formula is C17H21ClN2O2S. The van der Waals surface area contributed by atoms with Crippen LogP contribution in [-0.4, -0.2) is 43.6 Å². The zero-order valence-electron chi connectivity index (χ0n) is 13.4. The van der Waals surface area contributed by atoms with Crippen LogP contribution in [0.5, 0.6) is 5.75 Å². The summed E-state index contributed by atoms with van der Waals surface area (Å²) in [7, 11) is 1.60. The van der Waals surface area contributed by atoms with Crippen LogP contribution in [0.1, 0.15) is 29.4 Å². The fraction of sp³-hybridized carbons (Fsp3) is 0.471. The molecule has 1 aliphatic rings. The number of nitrogens with zero attached hydrogens (tertiary/aromatic N) is 1. The average molecular weight is 353 g/mol. The molecule has 0 radical (unpaired) electrons. The van der Waals surface area contributed by atoms with E-state index in [1.54, 1.807) is 7.11 Å². The van der Waals surface area contributed by atoms with E-state index in [1.165, 1.54) is 17.8 Å². The first-order valence-corrected chi connectivity index (χ1v) is 9.11. The second-order valence-corrected chi connectivity index (χ2v) is 7.23. The van der Waals surface area contributed by atoms with Crippen LogP contribution in [0.4, 0.5) is 0 Å². The van der Waals surface area contributed by atoms with Gasteiger partial charge in [0.1, 0.15) is 10.6 Å². The van der Waals surface area contributed by atoms with Crippen LogP contribution >= 0.6 is 22.9 Å². The predicted octanol–water partition coefficient (Wildman–Crippen LogP) is 3.78. The summed E-state index contributed by atoms with van der Waals surface area (Å²) >= 11 is 7.47. The molecule has 0 saturated carbocycles. The number of halogens is 1. The first-order chi connectivity index (χ1) is 11.1. The Morgan fingerprint density at radius 3 is 3.09 bits per heavy atom. The molecule has 0 bridgehead atoms. The first-order valence-electron chi connectivity index (χ1n) is 7.92. The number of thiophene rings is 1. The number of methoxy groups -OCH3 is 1. The molecule has 1 aromatic carbocycles. The van der Waals surface area contributed by atoms with Gasteiger partial charge in [-0.15, -0.1) is 11.3 Å². The standard InChI is InChI=1S/C17H21ClN2O2S/c1-3-20-8-4-5-12(20)10-19-17(21)16-15(22-2)13-7-6-11(18)9-14(13)23-16/h6-7,9,12H,3-5,8,10H2,1-2H3,(H,19,21). The fourth-order valence-corrected chi connectivity index (χ4v) is 4.60. The highest BCUT2D eigenvalue weighted by atomic mass is 35.5. The maximum absolute atomic E-state index is 12.6. The van der Waals surface area contributed by atoms with Crippen molar-refractivity contribution in [3.8, 4) is 5.75 Å². The summed E-state index contributed by atoms with van der Waals surface area (Å²) in [6.07, 6.45) is 2.35. The fourth-order valence-electron chi connectivity index (χ4n) is 3.23. The number of carbonyl (C=O) groups excluding carboxylic acids is 1. The van der Waals surface area contributed by atoms with Gasteiger partial charge >= 0.3 is 0 Å². The monoisotopic (exact) mass is 352 g/mol. The Morgan fingerprint density at radius 1 is 1.52 bits per heavy atom. The summed E-state index contributed by atoms with van der Waals surface area (Å²) in [4.78, 5) is 15.6. The number of likely N-dealkylation sites (tertiary alicyclic amines) is 1. The number of hydrogen-bond acceptors (Lipinski definition) is 4. The quantitative estimate of drug-likeness (QED) is 0.890. The minimum Gasteiger partial charge on any atom is -0.494 e. The van der Waals surface area contributed by atoms with Crippen molar-refractivity contribution in [2.45, 2.75) is 25.8 Å². The molecular weight excluding hydrogens is 332 g/mol. The SMILES string of the molecule is CCN1CCCC1CNC(=O)c1sc2cc(Cl)ccc2c1OC. The zero-order chi connectivity index (χ0) is 16.4. The van der Waals surface area contributed by atoms with Crippen molar-refractivity contribution >= 4 is 38.9 Å². The van der Waals surface area contributed by atoms with Crippen LogP contribution in [0, 0.1) is 0 Å². The van der Waals surface area contributed by atoms with E-state index in [0.29, 0.717) is 28.2 Å². The summed E-state index contributed by atoms with van der Waals surface area (Å²) in [6, 6.07) is 6.04. The van der Waals surface area contributed by atoms with E-state index in [0.717, 1.165) is 29.6 Å². The topological polar surface area (TPSA) is 41.6 Å². The van der Waals surface area contributed by atoms with Crippen molar-refractivity contribution in [2.24, 2.45) is 0 Å². The van der Waals surface area contributed by atoms with E-state index < -0.39 is 0 Å². The smallest absolute Gasteiger partial charge is 0.265 e. The molecule has 1 aliphatic heterocycles. The van der Waals surface area contributed by atoms with Crippen molar-refractivity contribution in [3.63, 3.8) is 0 Å². The Kier molecular flexibility index (Phi) is 5.09. The second kappa shape index (κ2) is 7.07. The molecule has 0 aliphatic carbocycles. The average Bonchev–Trinajstić information content (AvgIpc) is 3.15. The Bertz CT molecular complexity index is 716. The van der Waals surface area contributed by atoms with Gasteiger partial charge in [-0.05, 0) is 44.1 Å². The third kappa shape index (κ3) is 3.32. The van der Waals surface area contributed by atoms with Crippen molar-refractivity contribution in [1.82, 2.24) is 10.2 Å². The number of carbonyl (C=O) groups is 1. The van der Waals surface area contributed by atoms with Crippen LogP contribution in [0.3, 0.4) is 0 Å². The van der Waals surface area contributed by atoms with E-state index in [4.69, 9.17) is 16.3 Å². The Morgan fingerprint density at radius 2 is 2.35 bits per heavy atom. The van der Waals surface area contributed by atoms with Gasteiger partial charge in [-0.2, -0.15) is 0 Å². The lowest BCUT2D eigenvalue weighted by Crippen LogP contribution is -2.39. The lowest BCUT2D eigenvalue weighted by atomic mass is 10.2. The van der Waals surface area contributed by atoms with Crippen LogP contribution in [0.15, 0.2) is 18.2 Å². The molecule has 1 unspecified atom stereocenters. The predicted molar refractivity (Wildman–Crippen MR) is 96.0 cm³/mol. The van der Waals surface area contributed by atoms with Crippen LogP contribution < -0.4 is 10.1 Å². The summed E-state index contributed by atoms with van der Waals surface area (Å²) in [6.45, 7) is 5.01. The molecule has 23 heavy (non-hydrogen) atoms. The number of fused-ring (bicyclic) bond motifs is 1. The molecule has 1 aromatic heterocycles. The molecule has 1 saturated heterocycles. The number of benzene rings is 1. The number of rotatable bonds is 5. The number of amides is 1. The Balaban J connectivity index is 1.78. The molecule has 124 valence electrons. The van der Waals surface area contributed by atoms with E-state index in [-0.39, 0.29) is 5.91 Å². The molecule has 1 N–H and O–H groups in total. The molecule has 2 heterocycles. The molecule has 3 rings (SSSR count). The number of hydrogen-bond donors (Lipinski definition) is 1. The molecule has 1 amide bonds. The third-order valence-corrected chi connectivity index (χ3v) is 5.79. The first kappa shape index (κ1) is 16.6. The molecule has 1 atom stereocenters. The maximum Gasteiger partial charge on any atom is 0.265 e. The van der Waals surface area contributed by atoms with Crippen LogP contribution in [0.25, 0.3) is 10.1 Å². The molecule has 2 aromatic rings. The van der Waals surface area contributed by atoms with Crippen molar-refractivity contribution in [1.29, 1.82) is 0 Å². The number of ether oxygens (including phenoxy) is 1. The third-order valence-electron chi connectivity index (χ3n) is 4.42. The van der Waals surface area contributed by atoms with Gasteiger partial charge in [-0.1, -0.05) is 18.5 Å². The highest BCUT2D eigenvalue weighted by molar-refractivity contribution is 7.21. The minimum absolute atomic E-state index is 0.0675. The summed E-state index contributed by atoms with van der Waals surface area (Å²) < 4.78 is 6.44. The summed E-state index contributed by atoms with van der Waals surface area (Å²) in [5, 5.41) is 4.67. The lowest BCUT2D eigenvalue weighted by Gasteiger charge is -2.22. The number of likely N-dealkylation sites (N-methyl/N-ethyl adjacent to an activating group) is 1. The van der Waals surface area contributed by atoms with Gasteiger partial charge in [-0.25, -0.2) is 0 Å². The van der Waals surface area contributed by atoms with Gasteiger partial charge in [0.05, 0.1) is 7.11 Å². The molecule has 6 heteroatoms. The lowest BCUT2D eigenvalue weighted by molar-refractivity contribution is 0.0943. The van der Waals surface area contributed by atoms with Crippen molar-refractivity contribution < 1.29 is 9.53 Å². The zero-order valence-corrected chi connectivity index (χ0v) is 15.0. The van der Waals surface area contributed by atoms with Gasteiger partial charge in [0, 0.05) is 27.7 Å². The van der Waals surface area contributed by atoms with Gasteiger partial charge in [0.25, 0.3) is 5.91 Å².